The molecule has 20 heavy (non-hydrogen) atoms. The van der Waals surface area contributed by atoms with E-state index in [-0.39, 0.29) is 0 Å². The van der Waals surface area contributed by atoms with Gasteiger partial charge < -0.3 is 14.5 Å². The Bertz CT molecular complexity index is 563. The van der Waals surface area contributed by atoms with E-state index in [4.69, 9.17) is 9.72 Å². The smallest absolute Gasteiger partial charge is 0.138 e. The standard InChI is InChI=1S/C15H21N3OS/c1-2-16-11-13-15(20-12-6-9-19-10-7-12)17-14-5-3-4-8-18(13)14/h3-5,8,12,16H,2,6-7,9-11H2,1H3. The molecule has 0 amide bonds. The molecule has 1 aliphatic rings. The van der Waals surface area contributed by atoms with Gasteiger partial charge in [-0.3, -0.25) is 0 Å². The van der Waals surface area contributed by atoms with E-state index in [1.807, 2.05) is 17.8 Å². The molecule has 4 nitrogen and oxygen atoms in total. The van der Waals surface area contributed by atoms with E-state index in [0.717, 1.165) is 44.8 Å². The first-order valence-corrected chi connectivity index (χ1v) is 8.17. The zero-order valence-electron chi connectivity index (χ0n) is 11.8. The summed E-state index contributed by atoms with van der Waals surface area (Å²) in [5.41, 5.74) is 2.31. The second-order valence-electron chi connectivity index (χ2n) is 5.00. The van der Waals surface area contributed by atoms with Crippen molar-refractivity contribution in [1.82, 2.24) is 14.7 Å². The van der Waals surface area contributed by atoms with E-state index in [1.54, 1.807) is 0 Å². The third-order valence-electron chi connectivity index (χ3n) is 3.58. The molecular formula is C15H21N3OS. The molecule has 0 radical (unpaired) electrons. The van der Waals surface area contributed by atoms with Crippen LogP contribution in [0.3, 0.4) is 0 Å². The van der Waals surface area contributed by atoms with Crippen molar-refractivity contribution in [2.75, 3.05) is 19.8 Å². The van der Waals surface area contributed by atoms with Crippen molar-refractivity contribution in [3.05, 3.63) is 30.1 Å². The van der Waals surface area contributed by atoms with Crippen LogP contribution in [0.5, 0.6) is 0 Å². The lowest BCUT2D eigenvalue weighted by Crippen LogP contribution is -2.18. The number of aromatic nitrogens is 2. The molecule has 2 aromatic rings. The quantitative estimate of drug-likeness (QED) is 0.919. The summed E-state index contributed by atoms with van der Waals surface area (Å²) >= 11 is 1.92. The molecule has 0 spiro atoms. The molecule has 5 heteroatoms. The Morgan fingerprint density at radius 1 is 1.40 bits per heavy atom. The number of thioether (sulfide) groups is 1. The number of pyridine rings is 1. The minimum atomic E-state index is 0.633. The molecule has 108 valence electrons. The van der Waals surface area contributed by atoms with Crippen molar-refractivity contribution in [2.24, 2.45) is 0 Å². The maximum absolute atomic E-state index is 5.44. The summed E-state index contributed by atoms with van der Waals surface area (Å²) < 4.78 is 7.64. The minimum Gasteiger partial charge on any atom is -0.381 e. The number of ether oxygens (including phenoxy) is 1. The van der Waals surface area contributed by atoms with E-state index in [0.29, 0.717) is 5.25 Å². The zero-order chi connectivity index (χ0) is 13.8. The first-order valence-electron chi connectivity index (χ1n) is 7.29. The van der Waals surface area contributed by atoms with Crippen molar-refractivity contribution in [1.29, 1.82) is 0 Å². The molecule has 0 aromatic carbocycles. The SMILES string of the molecule is CCNCc1c(SC2CCOCC2)nc2ccccn12. The molecule has 2 aromatic heterocycles. The fourth-order valence-corrected chi connectivity index (χ4v) is 3.67. The summed E-state index contributed by atoms with van der Waals surface area (Å²) in [4.78, 5) is 4.80. The predicted octanol–water partition coefficient (Wildman–Crippen LogP) is 2.71. The maximum Gasteiger partial charge on any atom is 0.138 e. The van der Waals surface area contributed by atoms with Crippen LogP contribution < -0.4 is 5.32 Å². The molecule has 3 rings (SSSR count). The summed E-state index contributed by atoms with van der Waals surface area (Å²) in [5, 5.41) is 5.23. The van der Waals surface area contributed by atoms with Crippen LogP contribution in [0.25, 0.3) is 5.65 Å². The van der Waals surface area contributed by atoms with Crippen molar-refractivity contribution in [2.45, 2.75) is 36.6 Å². The van der Waals surface area contributed by atoms with Gasteiger partial charge in [-0.25, -0.2) is 4.98 Å². The summed E-state index contributed by atoms with van der Waals surface area (Å²) in [6.07, 6.45) is 4.35. The molecule has 0 saturated carbocycles. The highest BCUT2D eigenvalue weighted by molar-refractivity contribution is 7.99. The average molecular weight is 291 g/mol. The van der Waals surface area contributed by atoms with Crippen LogP contribution in [0, 0.1) is 0 Å². The van der Waals surface area contributed by atoms with Crippen LogP contribution >= 0.6 is 11.8 Å². The monoisotopic (exact) mass is 291 g/mol. The van der Waals surface area contributed by atoms with Gasteiger partial charge in [-0.1, -0.05) is 13.0 Å². The highest BCUT2D eigenvalue weighted by Crippen LogP contribution is 2.32. The molecular weight excluding hydrogens is 270 g/mol. The van der Waals surface area contributed by atoms with Crippen LogP contribution in [-0.4, -0.2) is 34.4 Å². The Morgan fingerprint density at radius 2 is 2.25 bits per heavy atom. The van der Waals surface area contributed by atoms with Crippen LogP contribution in [0.4, 0.5) is 0 Å². The van der Waals surface area contributed by atoms with E-state index in [2.05, 4.69) is 35.0 Å². The van der Waals surface area contributed by atoms with Crippen molar-refractivity contribution >= 4 is 17.4 Å². The van der Waals surface area contributed by atoms with Gasteiger partial charge in [0.05, 0.1) is 5.69 Å². The lowest BCUT2D eigenvalue weighted by Gasteiger charge is -2.21. The Morgan fingerprint density at radius 3 is 3.05 bits per heavy atom. The first-order chi connectivity index (χ1) is 9.88. The second kappa shape index (κ2) is 6.61. The maximum atomic E-state index is 5.44. The van der Waals surface area contributed by atoms with Gasteiger partial charge in [0.1, 0.15) is 10.7 Å². The van der Waals surface area contributed by atoms with Gasteiger partial charge in [-0.15, -0.1) is 11.8 Å². The van der Waals surface area contributed by atoms with E-state index < -0.39 is 0 Å². The number of fused-ring (bicyclic) bond motifs is 1. The fraction of sp³-hybridized carbons (Fsp3) is 0.533. The van der Waals surface area contributed by atoms with Gasteiger partial charge >= 0.3 is 0 Å². The molecule has 0 aliphatic carbocycles. The predicted molar refractivity (Wildman–Crippen MR) is 82.3 cm³/mol. The van der Waals surface area contributed by atoms with Crippen molar-refractivity contribution in [3.8, 4) is 0 Å². The lowest BCUT2D eigenvalue weighted by molar-refractivity contribution is 0.1000. The van der Waals surface area contributed by atoms with E-state index in [1.165, 1.54) is 10.7 Å². The number of nitrogens with one attached hydrogen (secondary N) is 1. The molecule has 1 saturated heterocycles. The largest absolute Gasteiger partial charge is 0.381 e. The van der Waals surface area contributed by atoms with E-state index >= 15 is 0 Å². The first kappa shape index (κ1) is 13.9. The molecule has 0 atom stereocenters. The zero-order valence-corrected chi connectivity index (χ0v) is 12.7. The summed E-state index contributed by atoms with van der Waals surface area (Å²) in [6, 6.07) is 6.18. The highest BCUT2D eigenvalue weighted by Gasteiger charge is 2.19. The molecule has 1 fully saturated rings. The molecule has 1 aliphatic heterocycles. The average Bonchev–Trinajstić information content (AvgIpc) is 2.83. The van der Waals surface area contributed by atoms with Crippen molar-refractivity contribution in [3.63, 3.8) is 0 Å². The Labute approximate surface area is 123 Å². The normalized spacial score (nSPS) is 16.9. The molecule has 0 bridgehead atoms. The van der Waals surface area contributed by atoms with Gasteiger partial charge in [0.15, 0.2) is 0 Å². The van der Waals surface area contributed by atoms with Gasteiger partial charge in [0, 0.05) is 31.2 Å². The number of hydrogen-bond donors (Lipinski definition) is 1. The molecule has 0 unspecified atom stereocenters. The van der Waals surface area contributed by atoms with Crippen LogP contribution in [0.2, 0.25) is 0 Å². The van der Waals surface area contributed by atoms with Gasteiger partial charge in [-0.2, -0.15) is 0 Å². The Balaban J connectivity index is 1.87. The number of nitrogens with zero attached hydrogens (tertiary/aromatic N) is 2. The summed E-state index contributed by atoms with van der Waals surface area (Å²) in [5.74, 6) is 0. The van der Waals surface area contributed by atoms with E-state index in [9.17, 15) is 0 Å². The minimum absolute atomic E-state index is 0.633. The molecule has 3 heterocycles. The third kappa shape index (κ3) is 3.00. The van der Waals surface area contributed by atoms with Crippen LogP contribution in [0.1, 0.15) is 25.5 Å². The number of hydrogen-bond acceptors (Lipinski definition) is 4. The van der Waals surface area contributed by atoms with Gasteiger partial charge in [0.2, 0.25) is 0 Å². The lowest BCUT2D eigenvalue weighted by atomic mass is 10.2. The highest BCUT2D eigenvalue weighted by atomic mass is 32.2. The third-order valence-corrected chi connectivity index (χ3v) is 4.94. The van der Waals surface area contributed by atoms with Crippen LogP contribution in [0.15, 0.2) is 29.4 Å². The second-order valence-corrected chi connectivity index (χ2v) is 6.29. The summed E-state index contributed by atoms with van der Waals surface area (Å²) in [6.45, 7) is 5.74. The molecule has 1 N–H and O–H groups in total. The van der Waals surface area contributed by atoms with Crippen LogP contribution in [-0.2, 0) is 11.3 Å². The van der Waals surface area contributed by atoms with Gasteiger partial charge in [-0.05, 0) is 31.5 Å². The Kier molecular flexibility index (Phi) is 4.60. The number of imidazole rings is 1. The topological polar surface area (TPSA) is 38.6 Å². The van der Waals surface area contributed by atoms with Crippen molar-refractivity contribution < 1.29 is 4.74 Å². The number of rotatable bonds is 5. The van der Waals surface area contributed by atoms with Gasteiger partial charge in [0.25, 0.3) is 0 Å². The summed E-state index contributed by atoms with van der Waals surface area (Å²) in [7, 11) is 0. The Hall–Kier alpha value is -1.04. The fourth-order valence-electron chi connectivity index (χ4n) is 2.48.